The molecular formula is C17H19N3O4S. The lowest BCUT2D eigenvalue weighted by molar-refractivity contribution is -0.133. The highest BCUT2D eigenvalue weighted by molar-refractivity contribution is 7.91. The van der Waals surface area contributed by atoms with E-state index in [0.717, 1.165) is 10.9 Å². The molecule has 7 nitrogen and oxygen atoms in total. The number of H-pyrrole nitrogens is 1. The van der Waals surface area contributed by atoms with E-state index in [0.29, 0.717) is 18.7 Å². The van der Waals surface area contributed by atoms with Gasteiger partial charge in [-0.15, -0.1) is 0 Å². The molecule has 8 heteroatoms. The van der Waals surface area contributed by atoms with E-state index in [9.17, 15) is 18.0 Å². The van der Waals surface area contributed by atoms with Crippen molar-refractivity contribution in [2.75, 3.05) is 24.6 Å². The van der Waals surface area contributed by atoms with E-state index in [2.05, 4.69) is 4.98 Å². The zero-order valence-electron chi connectivity index (χ0n) is 13.8. The number of rotatable bonds is 1. The van der Waals surface area contributed by atoms with Gasteiger partial charge in [-0.25, -0.2) is 8.42 Å². The summed E-state index contributed by atoms with van der Waals surface area (Å²) in [6.45, 7) is 2.16. The van der Waals surface area contributed by atoms with Gasteiger partial charge < -0.3 is 14.8 Å². The largest absolute Gasteiger partial charge is 0.361 e. The molecule has 2 amide bonds. The lowest BCUT2D eigenvalue weighted by Crippen LogP contribution is -2.61. The maximum absolute atomic E-state index is 13.0. The van der Waals surface area contributed by atoms with Gasteiger partial charge in [-0.1, -0.05) is 0 Å². The molecule has 0 aliphatic carbocycles. The SMILES string of the molecule is CC(=O)N1CCN(C(=O)c2ccc3[nH]ccc3c2)[C@@H]2CS(=O)(=O)C[C@@H]21. The predicted octanol–water partition coefficient (Wildman–Crippen LogP) is 0.638. The third-order valence-corrected chi connectivity index (χ3v) is 6.84. The fourth-order valence-electron chi connectivity index (χ4n) is 3.95. The van der Waals surface area contributed by atoms with Crippen LogP contribution in [0.1, 0.15) is 17.3 Å². The van der Waals surface area contributed by atoms with Crippen molar-refractivity contribution < 1.29 is 18.0 Å². The number of hydrogen-bond acceptors (Lipinski definition) is 4. The molecule has 2 atom stereocenters. The van der Waals surface area contributed by atoms with Crippen LogP contribution in [0.5, 0.6) is 0 Å². The van der Waals surface area contributed by atoms with Crippen LogP contribution < -0.4 is 0 Å². The third-order valence-electron chi connectivity index (χ3n) is 5.14. The summed E-state index contributed by atoms with van der Waals surface area (Å²) >= 11 is 0. The molecular weight excluding hydrogens is 342 g/mol. The predicted molar refractivity (Wildman–Crippen MR) is 93.0 cm³/mol. The molecule has 1 aromatic heterocycles. The summed E-state index contributed by atoms with van der Waals surface area (Å²) < 4.78 is 24.3. The molecule has 0 spiro atoms. The molecule has 2 aliphatic rings. The van der Waals surface area contributed by atoms with Crippen LogP contribution in [0.3, 0.4) is 0 Å². The van der Waals surface area contributed by atoms with Gasteiger partial charge in [0.2, 0.25) is 5.91 Å². The standard InChI is InChI=1S/C17H19N3O4S/c1-11(21)19-6-7-20(16-10-25(23,24)9-15(16)19)17(22)13-2-3-14-12(8-13)4-5-18-14/h2-5,8,15-16,18H,6-7,9-10H2,1H3/t15-,16+/m0/s1. The molecule has 0 saturated carbocycles. The summed E-state index contributed by atoms with van der Waals surface area (Å²) in [5, 5.41) is 0.934. The Morgan fingerprint density at radius 2 is 1.76 bits per heavy atom. The van der Waals surface area contributed by atoms with Crippen LogP contribution in [-0.2, 0) is 14.6 Å². The summed E-state index contributed by atoms with van der Waals surface area (Å²) in [7, 11) is -3.26. The Labute approximate surface area is 145 Å². The first-order chi connectivity index (χ1) is 11.9. The van der Waals surface area contributed by atoms with Crippen molar-refractivity contribution >= 4 is 32.6 Å². The third kappa shape index (κ3) is 2.70. The fourth-order valence-corrected chi connectivity index (χ4v) is 5.93. The van der Waals surface area contributed by atoms with Crippen LogP contribution in [0.15, 0.2) is 30.5 Å². The number of fused-ring (bicyclic) bond motifs is 2. The van der Waals surface area contributed by atoms with E-state index in [4.69, 9.17) is 0 Å². The summed E-state index contributed by atoms with van der Waals surface area (Å²) in [6.07, 6.45) is 1.81. The van der Waals surface area contributed by atoms with Crippen molar-refractivity contribution in [1.29, 1.82) is 0 Å². The van der Waals surface area contributed by atoms with Crippen LogP contribution in [0.4, 0.5) is 0 Å². The topological polar surface area (TPSA) is 90.6 Å². The molecule has 2 saturated heterocycles. The Bertz CT molecular complexity index is 965. The highest BCUT2D eigenvalue weighted by Gasteiger charge is 2.48. The molecule has 0 bridgehead atoms. The molecule has 1 N–H and O–H groups in total. The molecule has 2 aromatic rings. The minimum absolute atomic E-state index is 0.0716. The molecule has 25 heavy (non-hydrogen) atoms. The minimum Gasteiger partial charge on any atom is -0.361 e. The first-order valence-electron chi connectivity index (χ1n) is 8.21. The zero-order chi connectivity index (χ0) is 17.8. The second kappa shape index (κ2) is 5.59. The summed E-state index contributed by atoms with van der Waals surface area (Å²) in [6, 6.07) is 6.37. The van der Waals surface area contributed by atoms with E-state index in [1.54, 1.807) is 15.9 Å². The minimum atomic E-state index is -3.26. The number of nitrogens with zero attached hydrogens (tertiary/aromatic N) is 2. The van der Waals surface area contributed by atoms with E-state index in [1.165, 1.54) is 6.92 Å². The van der Waals surface area contributed by atoms with Gasteiger partial charge in [-0.3, -0.25) is 9.59 Å². The Morgan fingerprint density at radius 1 is 1.08 bits per heavy atom. The number of carbonyl (C=O) groups excluding carboxylic acids is 2. The van der Waals surface area contributed by atoms with Gasteiger partial charge in [-0.05, 0) is 24.3 Å². The van der Waals surface area contributed by atoms with Crippen LogP contribution in [0.2, 0.25) is 0 Å². The molecule has 1 aromatic carbocycles. The van der Waals surface area contributed by atoms with Crippen LogP contribution >= 0.6 is 0 Å². The number of aromatic amines is 1. The Hall–Kier alpha value is -2.35. The Balaban J connectivity index is 1.67. The average Bonchev–Trinajstić information content (AvgIpc) is 3.14. The number of aromatic nitrogens is 1. The molecule has 0 unspecified atom stereocenters. The van der Waals surface area contributed by atoms with Crippen molar-refractivity contribution in [3.05, 3.63) is 36.0 Å². The summed E-state index contributed by atoms with van der Waals surface area (Å²) in [5.74, 6) is -0.483. The maximum atomic E-state index is 13.0. The van der Waals surface area contributed by atoms with Crippen molar-refractivity contribution in [3.8, 4) is 0 Å². The van der Waals surface area contributed by atoms with Crippen molar-refractivity contribution in [2.24, 2.45) is 0 Å². The normalized spacial score (nSPS) is 25.2. The lowest BCUT2D eigenvalue weighted by atomic mass is 10.0. The maximum Gasteiger partial charge on any atom is 0.254 e. The highest BCUT2D eigenvalue weighted by atomic mass is 32.2. The Morgan fingerprint density at radius 3 is 2.48 bits per heavy atom. The Kier molecular flexibility index (Phi) is 3.61. The van der Waals surface area contributed by atoms with Gasteiger partial charge in [0.15, 0.2) is 9.84 Å². The zero-order valence-corrected chi connectivity index (χ0v) is 14.6. The van der Waals surface area contributed by atoms with E-state index in [-0.39, 0.29) is 23.3 Å². The molecule has 4 rings (SSSR count). The number of carbonyl (C=O) groups is 2. The van der Waals surface area contributed by atoms with E-state index < -0.39 is 21.9 Å². The van der Waals surface area contributed by atoms with Crippen LogP contribution in [-0.4, -0.2) is 71.7 Å². The molecule has 0 radical (unpaired) electrons. The lowest BCUT2D eigenvalue weighted by Gasteiger charge is -2.43. The first kappa shape index (κ1) is 16.1. The monoisotopic (exact) mass is 361 g/mol. The number of amides is 2. The second-order valence-electron chi connectivity index (χ2n) is 6.70. The molecule has 2 aliphatic heterocycles. The molecule has 2 fully saturated rings. The summed E-state index contributed by atoms with van der Waals surface area (Å²) in [5.41, 5.74) is 1.48. The smallest absolute Gasteiger partial charge is 0.254 e. The van der Waals surface area contributed by atoms with Gasteiger partial charge >= 0.3 is 0 Å². The van der Waals surface area contributed by atoms with Gasteiger partial charge in [0.1, 0.15) is 0 Å². The summed E-state index contributed by atoms with van der Waals surface area (Å²) in [4.78, 5) is 31.2. The number of sulfone groups is 1. The number of nitrogens with one attached hydrogen (secondary N) is 1. The second-order valence-corrected chi connectivity index (χ2v) is 8.86. The number of benzene rings is 1. The van der Waals surface area contributed by atoms with Crippen molar-refractivity contribution in [1.82, 2.24) is 14.8 Å². The fraction of sp³-hybridized carbons (Fsp3) is 0.412. The van der Waals surface area contributed by atoms with Gasteiger partial charge in [-0.2, -0.15) is 0 Å². The van der Waals surface area contributed by atoms with E-state index in [1.807, 2.05) is 24.4 Å². The van der Waals surface area contributed by atoms with Crippen LogP contribution in [0, 0.1) is 0 Å². The average molecular weight is 361 g/mol. The first-order valence-corrected chi connectivity index (χ1v) is 10.0. The highest BCUT2D eigenvalue weighted by Crippen LogP contribution is 2.28. The van der Waals surface area contributed by atoms with Crippen LogP contribution in [0.25, 0.3) is 10.9 Å². The number of piperazine rings is 1. The van der Waals surface area contributed by atoms with Gasteiger partial charge in [0, 0.05) is 42.7 Å². The van der Waals surface area contributed by atoms with Crippen molar-refractivity contribution in [2.45, 2.75) is 19.0 Å². The number of hydrogen-bond donors (Lipinski definition) is 1. The molecule has 132 valence electrons. The van der Waals surface area contributed by atoms with Crippen molar-refractivity contribution in [3.63, 3.8) is 0 Å². The van der Waals surface area contributed by atoms with Gasteiger partial charge in [0.05, 0.1) is 23.6 Å². The van der Waals surface area contributed by atoms with Gasteiger partial charge in [0.25, 0.3) is 5.91 Å². The van der Waals surface area contributed by atoms with E-state index >= 15 is 0 Å². The molecule has 3 heterocycles. The quantitative estimate of drug-likeness (QED) is 0.807.